The first-order valence-electron chi connectivity index (χ1n) is 10.1. The van der Waals surface area contributed by atoms with E-state index in [1.165, 1.54) is 11.1 Å². The number of hydrogen-bond acceptors (Lipinski definition) is 4. The van der Waals surface area contributed by atoms with Crippen LogP contribution in [0, 0.1) is 24.6 Å². The van der Waals surface area contributed by atoms with E-state index in [0.717, 1.165) is 40.8 Å². The molecule has 0 unspecified atom stereocenters. The summed E-state index contributed by atoms with van der Waals surface area (Å²) in [6.45, 7) is 5.49. The molecule has 0 aliphatic heterocycles. The maximum atomic E-state index is 9.04. The lowest BCUT2D eigenvalue weighted by Gasteiger charge is -2.11. The SMILES string of the molecule is COc1ccc(OCCCCOc2ccc(C)cc2I)c(I)c1.Cc1ccc(O)c(I)c1. The van der Waals surface area contributed by atoms with Crippen LogP contribution in [0.2, 0.25) is 0 Å². The van der Waals surface area contributed by atoms with Gasteiger partial charge >= 0.3 is 0 Å². The van der Waals surface area contributed by atoms with Gasteiger partial charge in [0.15, 0.2) is 0 Å². The highest BCUT2D eigenvalue weighted by molar-refractivity contribution is 14.1. The van der Waals surface area contributed by atoms with E-state index in [4.69, 9.17) is 19.3 Å². The quantitative estimate of drug-likeness (QED) is 0.188. The predicted octanol–water partition coefficient (Wildman–Crippen LogP) is 7.76. The molecule has 0 spiro atoms. The average molecular weight is 772 g/mol. The Morgan fingerprint density at radius 3 is 1.66 bits per heavy atom. The molecule has 32 heavy (non-hydrogen) atoms. The summed E-state index contributed by atoms with van der Waals surface area (Å²) in [6.07, 6.45) is 1.93. The van der Waals surface area contributed by atoms with Crippen LogP contribution in [0.15, 0.2) is 54.6 Å². The number of ether oxygens (including phenoxy) is 3. The summed E-state index contributed by atoms with van der Waals surface area (Å²) in [7, 11) is 1.67. The minimum atomic E-state index is 0.362. The molecule has 0 saturated carbocycles. The summed E-state index contributed by atoms with van der Waals surface area (Å²) in [6, 6.07) is 17.6. The van der Waals surface area contributed by atoms with Crippen molar-refractivity contribution in [1.29, 1.82) is 0 Å². The van der Waals surface area contributed by atoms with Crippen molar-refractivity contribution in [2.75, 3.05) is 20.3 Å². The minimum absolute atomic E-state index is 0.362. The second-order valence-electron chi connectivity index (χ2n) is 7.09. The zero-order chi connectivity index (χ0) is 23.5. The van der Waals surface area contributed by atoms with Crippen LogP contribution in [-0.2, 0) is 0 Å². The fourth-order valence-corrected chi connectivity index (χ4v) is 4.77. The van der Waals surface area contributed by atoms with Crippen LogP contribution < -0.4 is 14.2 Å². The number of rotatable bonds is 8. The van der Waals surface area contributed by atoms with Crippen LogP contribution in [0.25, 0.3) is 0 Å². The Morgan fingerprint density at radius 2 is 1.19 bits per heavy atom. The molecule has 0 saturated heterocycles. The molecule has 0 aliphatic rings. The van der Waals surface area contributed by atoms with E-state index in [9.17, 15) is 0 Å². The number of phenolic OH excluding ortho intramolecular Hbond substituents is 1. The third-order valence-corrected chi connectivity index (χ3v) is 6.93. The van der Waals surface area contributed by atoms with Crippen LogP contribution in [0.1, 0.15) is 24.0 Å². The number of phenols is 1. The highest BCUT2D eigenvalue weighted by Gasteiger charge is 2.04. The summed E-state index contributed by atoms with van der Waals surface area (Å²) in [5, 5.41) is 9.04. The van der Waals surface area contributed by atoms with Gasteiger partial charge in [0.2, 0.25) is 0 Å². The van der Waals surface area contributed by atoms with Gasteiger partial charge in [-0.15, -0.1) is 0 Å². The largest absolute Gasteiger partial charge is 0.507 e. The van der Waals surface area contributed by atoms with Crippen molar-refractivity contribution in [3.05, 3.63) is 76.4 Å². The smallest absolute Gasteiger partial charge is 0.132 e. The zero-order valence-corrected chi connectivity index (χ0v) is 24.8. The lowest BCUT2D eigenvalue weighted by atomic mass is 10.2. The Morgan fingerprint density at radius 1 is 0.688 bits per heavy atom. The average Bonchev–Trinajstić information content (AvgIpc) is 2.76. The lowest BCUT2D eigenvalue weighted by Crippen LogP contribution is -2.04. The predicted molar refractivity (Wildman–Crippen MR) is 155 cm³/mol. The van der Waals surface area contributed by atoms with E-state index in [1.807, 2.05) is 43.3 Å². The highest BCUT2D eigenvalue weighted by atomic mass is 127. The van der Waals surface area contributed by atoms with E-state index in [-0.39, 0.29) is 0 Å². The molecule has 0 aliphatic carbocycles. The van der Waals surface area contributed by atoms with Gasteiger partial charge in [0.05, 0.1) is 31.0 Å². The first-order valence-corrected chi connectivity index (χ1v) is 13.3. The van der Waals surface area contributed by atoms with Crippen molar-refractivity contribution >= 4 is 67.8 Å². The molecule has 1 N–H and O–H groups in total. The Kier molecular flexibility index (Phi) is 12.2. The third kappa shape index (κ3) is 9.50. The molecule has 172 valence electrons. The molecular weight excluding hydrogens is 745 g/mol. The monoisotopic (exact) mass is 772 g/mol. The van der Waals surface area contributed by atoms with Crippen molar-refractivity contribution in [3.8, 4) is 23.0 Å². The molecule has 0 bridgehead atoms. The van der Waals surface area contributed by atoms with Crippen LogP contribution in [0.3, 0.4) is 0 Å². The van der Waals surface area contributed by atoms with E-state index < -0.39 is 0 Å². The third-order valence-electron chi connectivity index (χ3n) is 4.38. The molecule has 0 aromatic heterocycles. The number of halogens is 3. The summed E-state index contributed by atoms with van der Waals surface area (Å²) in [5.41, 5.74) is 2.43. The fraction of sp³-hybridized carbons (Fsp3) is 0.280. The lowest BCUT2D eigenvalue weighted by molar-refractivity contribution is 0.264. The van der Waals surface area contributed by atoms with Gasteiger partial charge in [0, 0.05) is 0 Å². The maximum absolute atomic E-state index is 9.04. The van der Waals surface area contributed by atoms with Crippen LogP contribution in [0.4, 0.5) is 0 Å². The molecular formula is C25H27I3O4. The van der Waals surface area contributed by atoms with E-state index in [1.54, 1.807) is 13.2 Å². The summed E-state index contributed by atoms with van der Waals surface area (Å²) in [5.74, 6) is 3.08. The molecule has 0 fully saturated rings. The number of aryl methyl sites for hydroxylation is 2. The van der Waals surface area contributed by atoms with Crippen molar-refractivity contribution in [2.24, 2.45) is 0 Å². The van der Waals surface area contributed by atoms with E-state index in [0.29, 0.717) is 19.0 Å². The van der Waals surface area contributed by atoms with Gasteiger partial charge in [-0.25, -0.2) is 0 Å². The van der Waals surface area contributed by atoms with Crippen molar-refractivity contribution in [1.82, 2.24) is 0 Å². The van der Waals surface area contributed by atoms with Gasteiger partial charge in [-0.2, -0.15) is 0 Å². The summed E-state index contributed by atoms with van der Waals surface area (Å²) < 4.78 is 19.9. The van der Waals surface area contributed by atoms with Crippen molar-refractivity contribution in [3.63, 3.8) is 0 Å². The van der Waals surface area contributed by atoms with Crippen molar-refractivity contribution < 1.29 is 19.3 Å². The Labute approximate surface area is 231 Å². The first-order chi connectivity index (χ1) is 15.3. The maximum Gasteiger partial charge on any atom is 0.132 e. The second-order valence-corrected chi connectivity index (χ2v) is 10.6. The molecule has 4 nitrogen and oxygen atoms in total. The molecule has 0 atom stereocenters. The minimum Gasteiger partial charge on any atom is -0.507 e. The number of unbranched alkanes of at least 4 members (excludes halogenated alkanes) is 1. The van der Waals surface area contributed by atoms with Gasteiger partial charge in [-0.05, 0) is 148 Å². The summed E-state index contributed by atoms with van der Waals surface area (Å²) >= 11 is 6.67. The number of hydrogen-bond donors (Lipinski definition) is 1. The Balaban J connectivity index is 0.000000336. The van der Waals surface area contributed by atoms with Gasteiger partial charge in [-0.1, -0.05) is 12.1 Å². The van der Waals surface area contributed by atoms with E-state index >= 15 is 0 Å². The fourth-order valence-electron chi connectivity index (χ4n) is 2.63. The molecule has 3 aromatic carbocycles. The molecule has 0 heterocycles. The first kappa shape index (κ1) is 27.3. The van der Waals surface area contributed by atoms with Crippen LogP contribution >= 0.6 is 67.8 Å². The van der Waals surface area contributed by atoms with Crippen LogP contribution in [0.5, 0.6) is 23.0 Å². The Hall–Kier alpha value is -0.950. The second kappa shape index (κ2) is 14.3. The standard InChI is InChI=1S/C18H20I2O3.C7H7IO/c1-13-5-7-17(15(19)11-13)22-9-3-4-10-23-18-8-6-14(21-2)12-16(18)20;1-5-2-3-7(9)6(8)4-5/h5-8,11-12H,3-4,9-10H2,1-2H3;2-4,9H,1H3. The molecule has 3 rings (SSSR count). The number of methoxy groups -OCH3 is 1. The highest BCUT2D eigenvalue weighted by Crippen LogP contribution is 2.26. The van der Waals surface area contributed by atoms with Gasteiger partial charge in [0.1, 0.15) is 23.0 Å². The molecule has 0 radical (unpaired) electrons. The number of benzene rings is 3. The molecule has 0 amide bonds. The topological polar surface area (TPSA) is 47.9 Å². The Bertz CT molecular complexity index is 1010. The normalized spacial score (nSPS) is 10.2. The van der Waals surface area contributed by atoms with E-state index in [2.05, 4.69) is 86.8 Å². The van der Waals surface area contributed by atoms with Crippen LogP contribution in [-0.4, -0.2) is 25.4 Å². The summed E-state index contributed by atoms with van der Waals surface area (Å²) in [4.78, 5) is 0. The van der Waals surface area contributed by atoms with Gasteiger partial charge < -0.3 is 19.3 Å². The molecule has 3 aromatic rings. The van der Waals surface area contributed by atoms with Gasteiger partial charge in [-0.3, -0.25) is 0 Å². The zero-order valence-electron chi connectivity index (χ0n) is 18.3. The van der Waals surface area contributed by atoms with Gasteiger partial charge in [0.25, 0.3) is 0 Å². The molecule has 7 heteroatoms. The number of aromatic hydroxyl groups is 1. The van der Waals surface area contributed by atoms with Crippen molar-refractivity contribution in [2.45, 2.75) is 26.7 Å².